The molecule has 5 rings (SSSR count). The fourth-order valence-electron chi connectivity index (χ4n) is 3.33. The first-order valence-corrected chi connectivity index (χ1v) is 9.37. The number of nitrogens with one attached hydrogen (secondary N) is 2. The molecule has 2 N–H and O–H groups in total. The molecule has 4 heterocycles. The van der Waals surface area contributed by atoms with Crippen LogP contribution < -0.4 is 10.1 Å². The highest BCUT2D eigenvalue weighted by Gasteiger charge is 2.15. The first-order valence-electron chi connectivity index (χ1n) is 9.37. The molecule has 0 amide bonds. The van der Waals surface area contributed by atoms with Gasteiger partial charge in [0.15, 0.2) is 0 Å². The fraction of sp³-hybridized carbons (Fsp3) is 0.143. The highest BCUT2D eigenvalue weighted by molar-refractivity contribution is 5.93. The summed E-state index contributed by atoms with van der Waals surface area (Å²) in [6.45, 7) is 0.506. The fourth-order valence-corrected chi connectivity index (χ4v) is 3.33. The number of hydrogen-bond donors (Lipinski definition) is 2. The summed E-state index contributed by atoms with van der Waals surface area (Å²) in [7, 11) is 3.53. The van der Waals surface area contributed by atoms with Crippen LogP contribution in [0.4, 0.5) is 6.01 Å². The van der Waals surface area contributed by atoms with Crippen LogP contribution in [0.25, 0.3) is 33.6 Å². The van der Waals surface area contributed by atoms with Crippen molar-refractivity contribution in [2.24, 2.45) is 7.05 Å². The maximum Gasteiger partial charge on any atom is 0.316 e. The van der Waals surface area contributed by atoms with Crippen molar-refractivity contribution in [1.82, 2.24) is 29.9 Å². The number of aromatic nitrogens is 6. The molecule has 9 nitrogen and oxygen atoms in total. The predicted molar refractivity (Wildman–Crippen MR) is 112 cm³/mol. The normalized spacial score (nSPS) is 11.1. The van der Waals surface area contributed by atoms with Crippen molar-refractivity contribution in [2.75, 3.05) is 12.4 Å². The van der Waals surface area contributed by atoms with Gasteiger partial charge in [0.1, 0.15) is 11.4 Å². The summed E-state index contributed by atoms with van der Waals surface area (Å²) in [6, 6.07) is 10.2. The molecule has 150 valence electrons. The number of methoxy groups -OCH3 is 1. The summed E-state index contributed by atoms with van der Waals surface area (Å²) in [5.41, 5.74) is 4.49. The van der Waals surface area contributed by atoms with E-state index in [9.17, 15) is 0 Å². The average Bonchev–Trinajstić information content (AvgIpc) is 3.51. The molecule has 0 atom stereocenters. The summed E-state index contributed by atoms with van der Waals surface area (Å²) in [6.07, 6.45) is 7.39. The predicted octanol–water partition coefficient (Wildman–Crippen LogP) is 3.63. The molecule has 0 aliphatic rings. The van der Waals surface area contributed by atoms with E-state index in [4.69, 9.17) is 9.15 Å². The van der Waals surface area contributed by atoms with Crippen LogP contribution in [-0.2, 0) is 13.6 Å². The minimum absolute atomic E-state index is 0.335. The molecule has 0 aliphatic carbocycles. The number of H-pyrrole nitrogens is 1. The van der Waals surface area contributed by atoms with Gasteiger partial charge in [0.25, 0.3) is 5.89 Å². The van der Waals surface area contributed by atoms with Crippen LogP contribution in [0.2, 0.25) is 0 Å². The third-order valence-electron chi connectivity index (χ3n) is 4.85. The second-order valence-corrected chi connectivity index (χ2v) is 6.80. The second-order valence-electron chi connectivity index (χ2n) is 6.80. The standard InChI is InChI=1S/C21H19N7O2/c1-28-12-15(10-25-28)14-7-16-17(11-23-19(16)22-9-14)20-26-27-21(30-20)24-8-13-5-3-4-6-18(13)29-2/h3-7,9-12H,8H2,1-2H3,(H,22,23)(H,24,27). The molecule has 0 spiro atoms. The molecular weight excluding hydrogens is 382 g/mol. The Morgan fingerprint density at radius 3 is 2.90 bits per heavy atom. The topological polar surface area (TPSA) is 107 Å². The lowest BCUT2D eigenvalue weighted by Gasteiger charge is -2.07. The van der Waals surface area contributed by atoms with Gasteiger partial charge in [-0.15, -0.1) is 5.10 Å². The molecule has 4 aromatic heterocycles. The van der Waals surface area contributed by atoms with Crippen molar-refractivity contribution in [3.8, 4) is 28.3 Å². The number of nitrogens with zero attached hydrogens (tertiary/aromatic N) is 5. The zero-order valence-corrected chi connectivity index (χ0v) is 16.5. The highest BCUT2D eigenvalue weighted by atomic mass is 16.5. The molecule has 0 saturated heterocycles. The van der Waals surface area contributed by atoms with E-state index in [-0.39, 0.29) is 0 Å². The third-order valence-corrected chi connectivity index (χ3v) is 4.85. The van der Waals surface area contributed by atoms with Gasteiger partial charge < -0.3 is 19.5 Å². The van der Waals surface area contributed by atoms with Gasteiger partial charge in [-0.1, -0.05) is 23.3 Å². The van der Waals surface area contributed by atoms with E-state index < -0.39 is 0 Å². The van der Waals surface area contributed by atoms with Crippen LogP contribution >= 0.6 is 0 Å². The van der Waals surface area contributed by atoms with Gasteiger partial charge in [0.05, 0.1) is 18.9 Å². The van der Waals surface area contributed by atoms with E-state index in [1.165, 1.54) is 0 Å². The van der Waals surface area contributed by atoms with Gasteiger partial charge in [-0.25, -0.2) is 4.98 Å². The van der Waals surface area contributed by atoms with Crippen molar-refractivity contribution in [1.29, 1.82) is 0 Å². The van der Waals surface area contributed by atoms with Gasteiger partial charge in [-0.05, 0) is 12.1 Å². The summed E-state index contributed by atoms with van der Waals surface area (Å²) in [4.78, 5) is 7.66. The van der Waals surface area contributed by atoms with Crippen LogP contribution in [0, 0.1) is 0 Å². The number of rotatable bonds is 6. The number of aromatic amines is 1. The number of anilines is 1. The lowest BCUT2D eigenvalue weighted by Crippen LogP contribution is -2.01. The first-order chi connectivity index (χ1) is 14.7. The number of aryl methyl sites for hydroxylation is 1. The van der Waals surface area contributed by atoms with Crippen molar-refractivity contribution >= 4 is 17.0 Å². The molecule has 0 radical (unpaired) electrons. The Bertz CT molecular complexity index is 1320. The second kappa shape index (κ2) is 7.36. The molecular formula is C21H19N7O2. The Kier molecular flexibility index (Phi) is 4.40. The van der Waals surface area contributed by atoms with Gasteiger partial charge in [0, 0.05) is 54.3 Å². The van der Waals surface area contributed by atoms with Crippen LogP contribution in [-0.4, -0.2) is 37.1 Å². The van der Waals surface area contributed by atoms with Gasteiger partial charge >= 0.3 is 6.01 Å². The van der Waals surface area contributed by atoms with Crippen molar-refractivity contribution in [2.45, 2.75) is 6.54 Å². The van der Waals surface area contributed by atoms with Crippen molar-refractivity contribution < 1.29 is 9.15 Å². The highest BCUT2D eigenvalue weighted by Crippen LogP contribution is 2.31. The Balaban J connectivity index is 1.41. The van der Waals surface area contributed by atoms with Crippen molar-refractivity contribution in [3.05, 3.63) is 60.7 Å². The van der Waals surface area contributed by atoms with Crippen LogP contribution in [0.15, 0.2) is 59.5 Å². The van der Waals surface area contributed by atoms with Crippen LogP contribution in [0.3, 0.4) is 0 Å². The molecule has 0 unspecified atom stereocenters. The number of pyridine rings is 1. The van der Waals surface area contributed by atoms with Gasteiger partial charge in [-0.3, -0.25) is 4.68 Å². The zero-order chi connectivity index (χ0) is 20.5. The maximum atomic E-state index is 5.84. The molecule has 0 saturated carbocycles. The van der Waals surface area contributed by atoms with E-state index in [1.807, 2.05) is 62.2 Å². The van der Waals surface area contributed by atoms with Crippen LogP contribution in [0.1, 0.15) is 5.56 Å². The SMILES string of the molecule is COc1ccccc1CNc1nnc(-c2c[nH]c3ncc(-c4cnn(C)c4)cc23)o1. The Morgan fingerprint density at radius 2 is 2.07 bits per heavy atom. The van der Waals surface area contributed by atoms with E-state index >= 15 is 0 Å². The van der Waals surface area contributed by atoms with Gasteiger partial charge in [-0.2, -0.15) is 5.10 Å². The van der Waals surface area contributed by atoms with E-state index in [1.54, 1.807) is 11.8 Å². The molecule has 30 heavy (non-hydrogen) atoms. The Hall–Kier alpha value is -4.14. The van der Waals surface area contributed by atoms with E-state index in [0.717, 1.165) is 39.0 Å². The first kappa shape index (κ1) is 17.9. The summed E-state index contributed by atoms with van der Waals surface area (Å²) in [5.74, 6) is 1.21. The smallest absolute Gasteiger partial charge is 0.316 e. The van der Waals surface area contributed by atoms with Crippen LogP contribution in [0.5, 0.6) is 5.75 Å². The van der Waals surface area contributed by atoms with E-state index in [2.05, 4.69) is 30.6 Å². The summed E-state index contributed by atoms with van der Waals surface area (Å²) < 4.78 is 13.0. The summed E-state index contributed by atoms with van der Waals surface area (Å²) in [5, 5.41) is 16.6. The number of para-hydroxylation sites is 1. The molecule has 9 heteroatoms. The molecule has 5 aromatic rings. The number of fused-ring (bicyclic) bond motifs is 1. The summed E-state index contributed by atoms with van der Waals surface area (Å²) >= 11 is 0. The maximum absolute atomic E-state index is 5.84. The minimum atomic E-state index is 0.335. The van der Waals surface area contributed by atoms with Crippen molar-refractivity contribution in [3.63, 3.8) is 0 Å². The molecule has 0 bridgehead atoms. The average molecular weight is 401 g/mol. The molecule has 0 aliphatic heterocycles. The minimum Gasteiger partial charge on any atom is -0.496 e. The van der Waals surface area contributed by atoms with Gasteiger partial charge in [0.2, 0.25) is 0 Å². The molecule has 0 fully saturated rings. The lowest BCUT2D eigenvalue weighted by molar-refractivity contribution is 0.410. The quantitative estimate of drug-likeness (QED) is 0.447. The Morgan fingerprint density at radius 1 is 1.17 bits per heavy atom. The zero-order valence-electron chi connectivity index (χ0n) is 16.5. The lowest BCUT2D eigenvalue weighted by atomic mass is 10.1. The Labute approximate surface area is 171 Å². The largest absolute Gasteiger partial charge is 0.496 e. The van der Waals surface area contributed by atoms with E-state index in [0.29, 0.717) is 18.5 Å². The number of ether oxygens (including phenoxy) is 1. The monoisotopic (exact) mass is 401 g/mol. The number of hydrogen-bond acceptors (Lipinski definition) is 7. The molecule has 1 aromatic carbocycles. The third kappa shape index (κ3) is 3.26. The number of benzene rings is 1.